The van der Waals surface area contributed by atoms with E-state index in [1.54, 1.807) is 0 Å². The maximum atomic E-state index is 4.50. The fourth-order valence-electron chi connectivity index (χ4n) is 3.43. The van der Waals surface area contributed by atoms with Crippen LogP contribution in [0, 0.1) is 0 Å². The zero-order valence-electron chi connectivity index (χ0n) is 13.0. The van der Waals surface area contributed by atoms with Crippen LogP contribution in [0.3, 0.4) is 0 Å². The van der Waals surface area contributed by atoms with Crippen molar-refractivity contribution in [3.63, 3.8) is 0 Å². The maximum Gasteiger partial charge on any atom is 0.0954 e. The summed E-state index contributed by atoms with van der Waals surface area (Å²) in [6.45, 7) is 6.89. The lowest BCUT2D eigenvalue weighted by Crippen LogP contribution is -2.39. The van der Waals surface area contributed by atoms with Crippen LogP contribution in [0.5, 0.6) is 0 Å². The zero-order chi connectivity index (χ0) is 14.7. The van der Waals surface area contributed by atoms with Crippen molar-refractivity contribution in [3.8, 4) is 0 Å². The standard InChI is InChI=1S/C17H25N3S/c1-3-5-14(15-6-4-11-21-15)20-13-19-12-16(20)17(2)7-9-18-10-8-17/h4,6,11-14,18H,3,5,7-10H2,1-2H3. The van der Waals surface area contributed by atoms with E-state index in [0.29, 0.717) is 6.04 Å². The predicted octanol–water partition coefficient (Wildman–Crippen LogP) is 3.98. The summed E-state index contributed by atoms with van der Waals surface area (Å²) in [5.74, 6) is 0. The van der Waals surface area contributed by atoms with Crippen molar-refractivity contribution < 1.29 is 0 Å². The van der Waals surface area contributed by atoms with E-state index in [-0.39, 0.29) is 5.41 Å². The minimum Gasteiger partial charge on any atom is -0.326 e. The van der Waals surface area contributed by atoms with Gasteiger partial charge in [0.2, 0.25) is 0 Å². The topological polar surface area (TPSA) is 29.9 Å². The first-order valence-corrected chi connectivity index (χ1v) is 8.89. The van der Waals surface area contributed by atoms with Crippen LogP contribution in [0.2, 0.25) is 0 Å². The van der Waals surface area contributed by atoms with Gasteiger partial charge in [-0.25, -0.2) is 4.98 Å². The Balaban J connectivity index is 1.96. The normalized spacial score (nSPS) is 19.5. The fraction of sp³-hybridized carbons (Fsp3) is 0.588. The molecule has 3 nitrogen and oxygen atoms in total. The molecule has 0 aromatic carbocycles. The number of hydrogen-bond donors (Lipinski definition) is 1. The fourth-order valence-corrected chi connectivity index (χ4v) is 4.29. The molecule has 1 atom stereocenters. The Morgan fingerprint density at radius 3 is 2.90 bits per heavy atom. The van der Waals surface area contributed by atoms with Gasteiger partial charge >= 0.3 is 0 Å². The number of aromatic nitrogens is 2. The monoisotopic (exact) mass is 303 g/mol. The van der Waals surface area contributed by atoms with Crippen LogP contribution < -0.4 is 5.32 Å². The van der Waals surface area contributed by atoms with Crippen molar-refractivity contribution >= 4 is 11.3 Å². The molecule has 1 unspecified atom stereocenters. The summed E-state index contributed by atoms with van der Waals surface area (Å²) in [6, 6.07) is 4.87. The quantitative estimate of drug-likeness (QED) is 0.905. The van der Waals surface area contributed by atoms with E-state index in [1.807, 2.05) is 17.7 Å². The average molecular weight is 303 g/mol. The highest BCUT2D eigenvalue weighted by molar-refractivity contribution is 7.10. The largest absolute Gasteiger partial charge is 0.326 e. The van der Waals surface area contributed by atoms with E-state index in [4.69, 9.17) is 0 Å². The third-order valence-corrected chi connectivity index (χ3v) is 5.73. The highest BCUT2D eigenvalue weighted by Crippen LogP contribution is 2.37. The van der Waals surface area contributed by atoms with Crippen molar-refractivity contribution in [1.29, 1.82) is 0 Å². The molecule has 0 amide bonds. The minimum absolute atomic E-state index is 0.255. The van der Waals surface area contributed by atoms with Crippen LogP contribution in [0.25, 0.3) is 0 Å². The number of rotatable bonds is 5. The Morgan fingerprint density at radius 2 is 2.24 bits per heavy atom. The first kappa shape index (κ1) is 14.8. The Hall–Kier alpha value is -1.13. The second-order valence-electron chi connectivity index (χ2n) is 6.32. The van der Waals surface area contributed by atoms with Crippen molar-refractivity contribution in [2.45, 2.75) is 51.0 Å². The Morgan fingerprint density at radius 1 is 1.43 bits per heavy atom. The smallest absolute Gasteiger partial charge is 0.0954 e. The van der Waals surface area contributed by atoms with Gasteiger partial charge in [-0.15, -0.1) is 11.3 Å². The molecule has 0 saturated carbocycles. The molecular formula is C17H25N3S. The van der Waals surface area contributed by atoms with E-state index in [0.717, 1.165) is 13.1 Å². The average Bonchev–Trinajstić information content (AvgIpc) is 3.17. The molecule has 3 heterocycles. The highest BCUT2D eigenvalue weighted by atomic mass is 32.1. The summed E-state index contributed by atoms with van der Waals surface area (Å²) in [5.41, 5.74) is 1.67. The summed E-state index contributed by atoms with van der Waals surface area (Å²) in [7, 11) is 0. The first-order chi connectivity index (χ1) is 10.2. The van der Waals surface area contributed by atoms with E-state index in [2.05, 4.69) is 52.4 Å². The van der Waals surface area contributed by atoms with Gasteiger partial charge in [0.05, 0.1) is 12.4 Å². The van der Waals surface area contributed by atoms with Gasteiger partial charge in [0, 0.05) is 22.2 Å². The van der Waals surface area contributed by atoms with Crippen molar-refractivity contribution in [3.05, 3.63) is 40.6 Å². The molecule has 3 rings (SSSR count). The SMILES string of the molecule is CCCC(c1cccs1)n1cncc1C1(C)CCNCC1. The molecule has 1 saturated heterocycles. The summed E-state index contributed by atoms with van der Waals surface area (Å²) in [5, 5.41) is 5.66. The van der Waals surface area contributed by atoms with Gasteiger partial charge in [-0.3, -0.25) is 0 Å². The van der Waals surface area contributed by atoms with Crippen LogP contribution >= 0.6 is 11.3 Å². The molecule has 4 heteroatoms. The minimum atomic E-state index is 0.255. The molecule has 0 aliphatic carbocycles. The Kier molecular flexibility index (Phi) is 4.45. The van der Waals surface area contributed by atoms with Crippen LogP contribution in [0.15, 0.2) is 30.0 Å². The summed E-state index contributed by atoms with van der Waals surface area (Å²) in [4.78, 5) is 5.96. The number of hydrogen-bond acceptors (Lipinski definition) is 3. The molecular weight excluding hydrogens is 278 g/mol. The molecule has 1 aliphatic rings. The van der Waals surface area contributed by atoms with Crippen LogP contribution in [-0.2, 0) is 5.41 Å². The lowest BCUT2D eigenvalue weighted by atomic mass is 9.78. The van der Waals surface area contributed by atoms with E-state index in [9.17, 15) is 0 Å². The van der Waals surface area contributed by atoms with Gasteiger partial charge in [0.1, 0.15) is 0 Å². The second kappa shape index (κ2) is 6.32. The molecule has 114 valence electrons. The summed E-state index contributed by atoms with van der Waals surface area (Å²) in [6.07, 6.45) is 8.91. The Labute approximate surface area is 131 Å². The van der Waals surface area contributed by atoms with E-state index < -0.39 is 0 Å². The molecule has 1 N–H and O–H groups in total. The third kappa shape index (κ3) is 2.92. The van der Waals surface area contributed by atoms with Gasteiger partial charge in [0.25, 0.3) is 0 Å². The van der Waals surface area contributed by atoms with Crippen molar-refractivity contribution in [1.82, 2.24) is 14.9 Å². The van der Waals surface area contributed by atoms with Gasteiger partial charge in [-0.1, -0.05) is 26.3 Å². The summed E-state index contributed by atoms with van der Waals surface area (Å²) < 4.78 is 2.45. The van der Waals surface area contributed by atoms with E-state index in [1.165, 1.54) is 36.3 Å². The van der Waals surface area contributed by atoms with Crippen LogP contribution in [0.1, 0.15) is 56.1 Å². The second-order valence-corrected chi connectivity index (χ2v) is 7.30. The molecule has 0 radical (unpaired) electrons. The van der Waals surface area contributed by atoms with Crippen LogP contribution in [-0.4, -0.2) is 22.6 Å². The van der Waals surface area contributed by atoms with Crippen molar-refractivity contribution in [2.75, 3.05) is 13.1 Å². The number of piperidine rings is 1. The molecule has 0 bridgehead atoms. The number of nitrogens with one attached hydrogen (secondary N) is 1. The van der Waals surface area contributed by atoms with Crippen molar-refractivity contribution in [2.24, 2.45) is 0 Å². The lowest BCUT2D eigenvalue weighted by molar-refractivity contribution is 0.311. The summed E-state index contributed by atoms with van der Waals surface area (Å²) >= 11 is 1.86. The molecule has 21 heavy (non-hydrogen) atoms. The highest BCUT2D eigenvalue weighted by Gasteiger charge is 2.33. The number of thiophene rings is 1. The third-order valence-electron chi connectivity index (χ3n) is 4.76. The Bertz CT molecular complexity index is 552. The molecule has 2 aromatic rings. The van der Waals surface area contributed by atoms with Gasteiger partial charge < -0.3 is 9.88 Å². The molecule has 2 aromatic heterocycles. The first-order valence-electron chi connectivity index (χ1n) is 8.01. The lowest BCUT2D eigenvalue weighted by Gasteiger charge is -2.36. The molecule has 0 spiro atoms. The number of nitrogens with zero attached hydrogens (tertiary/aromatic N) is 2. The van der Waals surface area contributed by atoms with Gasteiger partial charge in [-0.2, -0.15) is 0 Å². The molecule has 1 fully saturated rings. The van der Waals surface area contributed by atoms with Gasteiger partial charge in [-0.05, 0) is 43.8 Å². The van der Waals surface area contributed by atoms with Gasteiger partial charge in [0.15, 0.2) is 0 Å². The maximum absolute atomic E-state index is 4.50. The zero-order valence-corrected chi connectivity index (χ0v) is 13.8. The number of imidazole rings is 1. The molecule has 1 aliphatic heterocycles. The van der Waals surface area contributed by atoms with Crippen LogP contribution in [0.4, 0.5) is 0 Å². The van der Waals surface area contributed by atoms with E-state index >= 15 is 0 Å². The predicted molar refractivity (Wildman–Crippen MR) is 89.0 cm³/mol.